The highest BCUT2D eigenvalue weighted by Crippen LogP contribution is 2.23. The summed E-state index contributed by atoms with van der Waals surface area (Å²) >= 11 is 0. The third-order valence-electron chi connectivity index (χ3n) is 2.71. The molecule has 0 radical (unpaired) electrons. The number of anilines is 1. The van der Waals surface area contributed by atoms with E-state index in [1.165, 1.54) is 12.1 Å². The van der Waals surface area contributed by atoms with Gasteiger partial charge in [0.05, 0.1) is 5.75 Å². The van der Waals surface area contributed by atoms with Gasteiger partial charge in [-0.25, -0.2) is 8.42 Å². The van der Waals surface area contributed by atoms with Gasteiger partial charge in [-0.2, -0.15) is 17.5 Å². The maximum atomic E-state index is 12.6. The molecule has 0 saturated carbocycles. The molecule has 1 rings (SSSR count). The van der Waals surface area contributed by atoms with Crippen LogP contribution in [0.1, 0.15) is 19.4 Å². The summed E-state index contributed by atoms with van der Waals surface area (Å²) in [5.74, 6) is -0.752. The molecule has 0 heterocycles. The minimum absolute atomic E-state index is 0.186. The molecule has 1 aromatic carbocycles. The molecule has 0 unspecified atom stereocenters. The number of alkyl halides is 3. The standard InChI is InChI=1S/C13H19F3N2O2S/c1-10(2)7-18(9-13(14,15)16)21(19,20)8-11-5-3-4-6-12(11)17/h3-6,10H,7-9,17H2,1-2H3. The van der Waals surface area contributed by atoms with Gasteiger partial charge in [0, 0.05) is 12.2 Å². The molecular formula is C13H19F3N2O2S. The van der Waals surface area contributed by atoms with Gasteiger partial charge in [0.15, 0.2) is 0 Å². The summed E-state index contributed by atoms with van der Waals surface area (Å²) in [5.41, 5.74) is 6.20. The molecular weight excluding hydrogens is 305 g/mol. The van der Waals surface area contributed by atoms with E-state index >= 15 is 0 Å². The Morgan fingerprint density at radius 2 is 1.81 bits per heavy atom. The van der Waals surface area contributed by atoms with Crippen LogP contribution in [-0.4, -0.2) is 32.0 Å². The molecule has 0 aliphatic carbocycles. The second-order valence-electron chi connectivity index (χ2n) is 5.26. The highest BCUT2D eigenvalue weighted by atomic mass is 32.2. The Bertz CT molecular complexity index is 571. The fourth-order valence-corrected chi connectivity index (χ4v) is 3.54. The molecule has 120 valence electrons. The number of hydrogen-bond donors (Lipinski definition) is 1. The van der Waals surface area contributed by atoms with Gasteiger partial charge in [0.2, 0.25) is 10.0 Å². The van der Waals surface area contributed by atoms with Crippen LogP contribution in [0.4, 0.5) is 18.9 Å². The number of para-hydroxylation sites is 1. The van der Waals surface area contributed by atoms with Crippen LogP contribution in [-0.2, 0) is 15.8 Å². The van der Waals surface area contributed by atoms with Crippen molar-refractivity contribution in [2.75, 3.05) is 18.8 Å². The van der Waals surface area contributed by atoms with E-state index in [0.717, 1.165) is 0 Å². The number of sulfonamides is 1. The van der Waals surface area contributed by atoms with Gasteiger partial charge in [0.25, 0.3) is 0 Å². The number of rotatable bonds is 6. The van der Waals surface area contributed by atoms with Crippen molar-refractivity contribution < 1.29 is 21.6 Å². The number of benzene rings is 1. The normalized spacial score (nSPS) is 13.1. The maximum absolute atomic E-state index is 12.6. The van der Waals surface area contributed by atoms with Gasteiger partial charge in [-0.3, -0.25) is 0 Å². The van der Waals surface area contributed by atoms with Crippen LogP contribution in [0.25, 0.3) is 0 Å². The first-order chi connectivity index (χ1) is 9.51. The van der Waals surface area contributed by atoms with Crippen LogP contribution in [0.2, 0.25) is 0 Å². The Hall–Kier alpha value is -1.28. The summed E-state index contributed by atoms with van der Waals surface area (Å²) in [5, 5.41) is 0. The Labute approximate surface area is 122 Å². The molecule has 0 aliphatic rings. The largest absolute Gasteiger partial charge is 0.402 e. The molecule has 0 aromatic heterocycles. The summed E-state index contributed by atoms with van der Waals surface area (Å²) in [6.07, 6.45) is -4.58. The lowest BCUT2D eigenvalue weighted by molar-refractivity contribution is -0.136. The molecule has 4 nitrogen and oxygen atoms in total. The fraction of sp³-hybridized carbons (Fsp3) is 0.538. The number of hydrogen-bond acceptors (Lipinski definition) is 3. The minimum atomic E-state index is -4.58. The van der Waals surface area contributed by atoms with Gasteiger partial charge in [0.1, 0.15) is 6.54 Å². The third-order valence-corrected chi connectivity index (χ3v) is 4.45. The van der Waals surface area contributed by atoms with Crippen LogP contribution in [0.3, 0.4) is 0 Å². The Kier molecular flexibility index (Phi) is 5.63. The van der Waals surface area contributed by atoms with Gasteiger partial charge >= 0.3 is 6.18 Å². The van der Waals surface area contributed by atoms with E-state index in [9.17, 15) is 21.6 Å². The van der Waals surface area contributed by atoms with Gasteiger partial charge in [-0.05, 0) is 17.5 Å². The molecule has 0 saturated heterocycles. The van der Waals surface area contributed by atoms with Crippen molar-refractivity contribution in [3.8, 4) is 0 Å². The van der Waals surface area contributed by atoms with Crippen LogP contribution in [0, 0.1) is 5.92 Å². The maximum Gasteiger partial charge on any atom is 0.402 e. The minimum Gasteiger partial charge on any atom is -0.398 e. The lowest BCUT2D eigenvalue weighted by Crippen LogP contribution is -2.41. The van der Waals surface area contributed by atoms with Crippen molar-refractivity contribution in [2.24, 2.45) is 5.92 Å². The quantitative estimate of drug-likeness (QED) is 0.818. The average Bonchev–Trinajstić information content (AvgIpc) is 2.28. The third kappa shape index (κ3) is 5.92. The first kappa shape index (κ1) is 17.8. The molecule has 1 aromatic rings. The zero-order chi connectivity index (χ0) is 16.3. The summed E-state index contributed by atoms with van der Waals surface area (Å²) in [4.78, 5) is 0. The molecule has 0 aliphatic heterocycles. The van der Waals surface area contributed by atoms with E-state index in [2.05, 4.69) is 0 Å². The van der Waals surface area contributed by atoms with E-state index < -0.39 is 28.5 Å². The van der Waals surface area contributed by atoms with Crippen molar-refractivity contribution >= 4 is 15.7 Å². The Balaban J connectivity index is 3.01. The van der Waals surface area contributed by atoms with E-state index in [0.29, 0.717) is 9.87 Å². The Morgan fingerprint density at radius 3 is 2.29 bits per heavy atom. The number of nitrogens with two attached hydrogens (primary N) is 1. The summed E-state index contributed by atoms with van der Waals surface area (Å²) < 4.78 is 62.7. The number of nitrogen functional groups attached to an aromatic ring is 1. The van der Waals surface area contributed by atoms with Crippen LogP contribution < -0.4 is 5.73 Å². The first-order valence-corrected chi connectivity index (χ1v) is 8.00. The molecule has 0 fully saturated rings. The van der Waals surface area contributed by atoms with Crippen molar-refractivity contribution in [3.05, 3.63) is 29.8 Å². The molecule has 0 atom stereocenters. The lowest BCUT2D eigenvalue weighted by atomic mass is 10.2. The van der Waals surface area contributed by atoms with Crippen LogP contribution in [0.15, 0.2) is 24.3 Å². The van der Waals surface area contributed by atoms with E-state index in [4.69, 9.17) is 5.73 Å². The number of nitrogens with zero attached hydrogens (tertiary/aromatic N) is 1. The molecule has 0 amide bonds. The monoisotopic (exact) mass is 324 g/mol. The second kappa shape index (κ2) is 6.65. The van der Waals surface area contributed by atoms with Crippen LogP contribution >= 0.6 is 0 Å². The van der Waals surface area contributed by atoms with Gasteiger partial charge in [-0.15, -0.1) is 0 Å². The summed E-state index contributed by atoms with van der Waals surface area (Å²) in [7, 11) is -4.09. The van der Waals surface area contributed by atoms with Crippen molar-refractivity contribution in [3.63, 3.8) is 0 Å². The average molecular weight is 324 g/mol. The molecule has 8 heteroatoms. The van der Waals surface area contributed by atoms with Gasteiger partial charge < -0.3 is 5.73 Å². The zero-order valence-electron chi connectivity index (χ0n) is 11.9. The van der Waals surface area contributed by atoms with E-state index in [1.807, 2.05) is 0 Å². The molecule has 21 heavy (non-hydrogen) atoms. The SMILES string of the molecule is CC(C)CN(CC(F)(F)F)S(=O)(=O)Cc1ccccc1N. The van der Waals surface area contributed by atoms with Crippen molar-refractivity contribution in [2.45, 2.75) is 25.8 Å². The second-order valence-corrected chi connectivity index (χ2v) is 7.23. The van der Waals surface area contributed by atoms with E-state index in [-0.39, 0.29) is 18.2 Å². The molecule has 2 N–H and O–H groups in total. The predicted molar refractivity (Wildman–Crippen MR) is 75.9 cm³/mol. The number of halogens is 3. The fourth-order valence-electron chi connectivity index (χ4n) is 1.84. The Morgan fingerprint density at radius 1 is 1.24 bits per heavy atom. The highest BCUT2D eigenvalue weighted by Gasteiger charge is 2.36. The lowest BCUT2D eigenvalue weighted by Gasteiger charge is -2.25. The van der Waals surface area contributed by atoms with Gasteiger partial charge in [-0.1, -0.05) is 32.0 Å². The zero-order valence-corrected chi connectivity index (χ0v) is 12.7. The van der Waals surface area contributed by atoms with Crippen molar-refractivity contribution in [1.29, 1.82) is 0 Å². The van der Waals surface area contributed by atoms with Crippen molar-refractivity contribution in [1.82, 2.24) is 4.31 Å². The van der Waals surface area contributed by atoms with Crippen LogP contribution in [0.5, 0.6) is 0 Å². The first-order valence-electron chi connectivity index (χ1n) is 6.39. The topological polar surface area (TPSA) is 63.4 Å². The molecule has 0 spiro atoms. The highest BCUT2D eigenvalue weighted by molar-refractivity contribution is 7.88. The van der Waals surface area contributed by atoms with E-state index in [1.54, 1.807) is 26.0 Å². The summed E-state index contributed by atoms with van der Waals surface area (Å²) in [6, 6.07) is 6.24. The smallest absolute Gasteiger partial charge is 0.398 e. The molecule has 0 bridgehead atoms. The summed E-state index contributed by atoms with van der Waals surface area (Å²) in [6.45, 7) is 1.65. The predicted octanol–water partition coefficient (Wildman–Crippen LogP) is 2.62.